The summed E-state index contributed by atoms with van der Waals surface area (Å²) in [6.45, 7) is 5.43. The van der Waals surface area contributed by atoms with Crippen LogP contribution in [0.2, 0.25) is 0 Å². The lowest BCUT2D eigenvalue weighted by Crippen LogP contribution is -2.38. The van der Waals surface area contributed by atoms with Crippen LogP contribution in [0.1, 0.15) is 39.0 Å². The van der Waals surface area contributed by atoms with E-state index in [4.69, 9.17) is 10.1 Å². The van der Waals surface area contributed by atoms with Crippen molar-refractivity contribution in [2.24, 2.45) is 5.92 Å². The first-order valence-electron chi connectivity index (χ1n) is 8.38. The molecule has 21 heavy (non-hydrogen) atoms. The van der Waals surface area contributed by atoms with Crippen LogP contribution in [0, 0.1) is 11.3 Å². The van der Waals surface area contributed by atoms with Crippen LogP contribution in [-0.2, 0) is 4.74 Å². The maximum atomic E-state index is 8.20. The molecule has 0 aromatic carbocycles. The third kappa shape index (κ3) is 5.11. The topological polar surface area (TPSA) is 39.6 Å². The van der Waals surface area contributed by atoms with Crippen LogP contribution in [0.3, 0.4) is 0 Å². The highest BCUT2D eigenvalue weighted by atomic mass is 16.5. The number of hydrogen-bond donors (Lipinski definition) is 1. The van der Waals surface area contributed by atoms with Gasteiger partial charge in [-0.1, -0.05) is 18.6 Å². The van der Waals surface area contributed by atoms with Crippen molar-refractivity contribution >= 4 is 5.90 Å². The fraction of sp³-hybridized carbons (Fsp3) is 0.824. The zero-order valence-electron chi connectivity index (χ0n) is 13.8. The van der Waals surface area contributed by atoms with Crippen molar-refractivity contribution < 1.29 is 4.74 Å². The zero-order chi connectivity index (χ0) is 15.2. The molecule has 4 heteroatoms. The summed E-state index contributed by atoms with van der Waals surface area (Å²) in [4.78, 5) is 4.70. The van der Waals surface area contributed by atoms with Crippen molar-refractivity contribution in [1.82, 2.24) is 9.80 Å². The maximum absolute atomic E-state index is 8.20. The lowest BCUT2D eigenvalue weighted by Gasteiger charge is -2.31. The van der Waals surface area contributed by atoms with Gasteiger partial charge in [0.15, 0.2) is 5.90 Å². The summed E-state index contributed by atoms with van der Waals surface area (Å²) >= 11 is 0. The van der Waals surface area contributed by atoms with Gasteiger partial charge in [0.1, 0.15) is 6.10 Å². The molecule has 2 aliphatic rings. The van der Waals surface area contributed by atoms with Gasteiger partial charge in [0.25, 0.3) is 0 Å². The molecule has 0 spiro atoms. The van der Waals surface area contributed by atoms with Crippen LogP contribution in [0.4, 0.5) is 0 Å². The molecular weight excluding hydrogens is 262 g/mol. The van der Waals surface area contributed by atoms with E-state index in [1.807, 2.05) is 0 Å². The maximum Gasteiger partial charge on any atom is 0.187 e. The van der Waals surface area contributed by atoms with Crippen molar-refractivity contribution in [2.75, 3.05) is 33.7 Å². The Hall–Kier alpha value is -0.870. The van der Waals surface area contributed by atoms with Crippen molar-refractivity contribution in [3.63, 3.8) is 0 Å². The molecule has 3 atom stereocenters. The largest absolute Gasteiger partial charge is 0.476 e. The Morgan fingerprint density at radius 2 is 1.95 bits per heavy atom. The van der Waals surface area contributed by atoms with Crippen LogP contribution < -0.4 is 0 Å². The smallest absolute Gasteiger partial charge is 0.187 e. The van der Waals surface area contributed by atoms with E-state index in [2.05, 4.69) is 43.0 Å². The molecule has 4 nitrogen and oxygen atoms in total. The van der Waals surface area contributed by atoms with E-state index >= 15 is 0 Å². The van der Waals surface area contributed by atoms with Gasteiger partial charge in [-0.2, -0.15) is 0 Å². The molecule has 1 N–H and O–H groups in total. The summed E-state index contributed by atoms with van der Waals surface area (Å²) in [7, 11) is 4.22. The van der Waals surface area contributed by atoms with E-state index in [0.717, 1.165) is 19.4 Å². The Morgan fingerprint density at radius 1 is 1.24 bits per heavy atom. The molecule has 0 aromatic rings. The molecular formula is C17H31N3O. The minimum atomic E-state index is 0.121. The Bertz CT molecular complexity index is 361. The standard InChI is InChI=1S/C17H31N3O/c1-14(13-20-11-5-4-6-12-20)21-17(18)15-7-9-16(10-8-15)19(2)3/h7,9,14-16,18H,4-6,8,10-13H2,1-3H3. The van der Waals surface area contributed by atoms with Gasteiger partial charge < -0.3 is 9.64 Å². The summed E-state index contributed by atoms with van der Waals surface area (Å²) in [5.74, 6) is 0.623. The second-order valence-corrected chi connectivity index (χ2v) is 6.75. The monoisotopic (exact) mass is 293 g/mol. The Labute approximate surface area is 129 Å². The average molecular weight is 293 g/mol. The number of ether oxygens (including phenoxy) is 1. The average Bonchev–Trinajstić information content (AvgIpc) is 2.48. The molecule has 3 unspecified atom stereocenters. The highest BCUT2D eigenvalue weighted by molar-refractivity contribution is 5.77. The minimum absolute atomic E-state index is 0.121. The molecule has 0 bridgehead atoms. The molecule has 1 saturated heterocycles. The fourth-order valence-electron chi connectivity index (χ4n) is 3.30. The van der Waals surface area contributed by atoms with Gasteiger partial charge in [0.05, 0.1) is 5.92 Å². The highest BCUT2D eigenvalue weighted by Gasteiger charge is 2.23. The van der Waals surface area contributed by atoms with Gasteiger partial charge in [-0.05, 0) is 59.8 Å². The summed E-state index contributed by atoms with van der Waals surface area (Å²) in [6, 6.07) is 0.514. The lowest BCUT2D eigenvalue weighted by atomic mass is 9.92. The molecule has 1 heterocycles. The van der Waals surface area contributed by atoms with Crippen LogP contribution in [-0.4, -0.2) is 61.6 Å². The van der Waals surface area contributed by atoms with Crippen molar-refractivity contribution in [3.8, 4) is 0 Å². The molecule has 0 saturated carbocycles. The Kier molecular flexibility index (Phi) is 6.24. The van der Waals surface area contributed by atoms with E-state index in [-0.39, 0.29) is 12.0 Å². The molecule has 0 amide bonds. The van der Waals surface area contributed by atoms with Crippen molar-refractivity contribution in [3.05, 3.63) is 12.2 Å². The quantitative estimate of drug-likeness (QED) is 0.481. The number of rotatable bonds is 5. The number of nitrogens with one attached hydrogen (secondary N) is 1. The summed E-state index contributed by atoms with van der Waals surface area (Å²) in [5, 5.41) is 8.20. The minimum Gasteiger partial charge on any atom is -0.476 e. The first-order valence-corrected chi connectivity index (χ1v) is 8.38. The third-order valence-corrected chi connectivity index (χ3v) is 4.63. The first kappa shape index (κ1) is 16.5. The van der Waals surface area contributed by atoms with Crippen molar-refractivity contribution in [1.29, 1.82) is 5.41 Å². The van der Waals surface area contributed by atoms with E-state index in [1.54, 1.807) is 0 Å². The number of nitrogens with zero attached hydrogens (tertiary/aromatic N) is 2. The number of hydrogen-bond acceptors (Lipinski definition) is 4. The second kappa shape index (κ2) is 7.95. The molecule has 120 valence electrons. The summed E-state index contributed by atoms with van der Waals surface area (Å²) in [5.41, 5.74) is 0. The van der Waals surface area contributed by atoms with E-state index in [0.29, 0.717) is 11.9 Å². The van der Waals surface area contributed by atoms with Gasteiger partial charge in [-0.3, -0.25) is 10.3 Å². The third-order valence-electron chi connectivity index (χ3n) is 4.63. The van der Waals surface area contributed by atoms with E-state index in [9.17, 15) is 0 Å². The molecule has 2 rings (SSSR count). The Morgan fingerprint density at radius 3 is 2.52 bits per heavy atom. The highest BCUT2D eigenvalue weighted by Crippen LogP contribution is 2.22. The number of piperidine rings is 1. The van der Waals surface area contributed by atoms with Crippen LogP contribution in [0.15, 0.2) is 12.2 Å². The normalized spacial score (nSPS) is 28.6. The van der Waals surface area contributed by atoms with Gasteiger partial charge in [0, 0.05) is 12.6 Å². The van der Waals surface area contributed by atoms with Gasteiger partial charge in [-0.25, -0.2) is 0 Å². The van der Waals surface area contributed by atoms with Crippen LogP contribution >= 0.6 is 0 Å². The van der Waals surface area contributed by atoms with Crippen molar-refractivity contribution in [2.45, 2.75) is 51.2 Å². The van der Waals surface area contributed by atoms with Gasteiger partial charge in [-0.15, -0.1) is 0 Å². The molecule has 0 radical (unpaired) electrons. The number of likely N-dealkylation sites (N-methyl/N-ethyl adjacent to an activating group) is 1. The summed E-state index contributed by atoms with van der Waals surface area (Å²) in [6.07, 6.45) is 10.6. The van der Waals surface area contributed by atoms with Crippen LogP contribution in [0.25, 0.3) is 0 Å². The number of likely N-dealkylation sites (tertiary alicyclic amines) is 1. The summed E-state index contributed by atoms with van der Waals surface area (Å²) < 4.78 is 5.87. The van der Waals surface area contributed by atoms with Gasteiger partial charge in [0.2, 0.25) is 0 Å². The Balaban J connectivity index is 1.74. The van der Waals surface area contributed by atoms with E-state index in [1.165, 1.54) is 32.4 Å². The van der Waals surface area contributed by atoms with E-state index < -0.39 is 0 Å². The molecule has 0 aromatic heterocycles. The van der Waals surface area contributed by atoms with Gasteiger partial charge >= 0.3 is 0 Å². The predicted octanol–water partition coefficient (Wildman–Crippen LogP) is 2.75. The fourth-order valence-corrected chi connectivity index (χ4v) is 3.30. The predicted molar refractivity (Wildman–Crippen MR) is 87.9 cm³/mol. The van der Waals surface area contributed by atoms with Crippen LogP contribution in [0.5, 0.6) is 0 Å². The zero-order valence-corrected chi connectivity index (χ0v) is 13.8. The molecule has 1 aliphatic heterocycles. The molecule has 1 fully saturated rings. The lowest BCUT2D eigenvalue weighted by molar-refractivity contribution is 0.115. The second-order valence-electron chi connectivity index (χ2n) is 6.75. The SMILES string of the molecule is CC(CN1CCCCC1)OC(=N)C1C=CC(N(C)C)CC1. The molecule has 1 aliphatic carbocycles. The first-order chi connectivity index (χ1) is 10.1.